The largest absolute Gasteiger partial charge is 0.378 e. The summed E-state index contributed by atoms with van der Waals surface area (Å²) in [7, 11) is 1.58. The fourth-order valence-corrected chi connectivity index (χ4v) is 3.22. The molecule has 1 N–H and O–H groups in total. The second kappa shape index (κ2) is 5.59. The number of hydrogen-bond donors (Lipinski definition) is 1. The molecule has 0 unspecified atom stereocenters. The molecule has 0 aliphatic carbocycles. The van der Waals surface area contributed by atoms with Crippen LogP contribution in [0.4, 0.5) is 0 Å². The van der Waals surface area contributed by atoms with Crippen LogP contribution in [0, 0.1) is 3.57 Å². The molecule has 0 aliphatic rings. The van der Waals surface area contributed by atoms with Gasteiger partial charge in [0.15, 0.2) is 5.82 Å². The van der Waals surface area contributed by atoms with Crippen molar-refractivity contribution in [1.29, 1.82) is 0 Å². The van der Waals surface area contributed by atoms with Gasteiger partial charge < -0.3 is 9.72 Å². The highest BCUT2D eigenvalue weighted by atomic mass is 127. The quantitative estimate of drug-likeness (QED) is 0.767. The predicted octanol–water partition coefficient (Wildman–Crippen LogP) is 3.01. The Morgan fingerprint density at radius 1 is 1.65 bits per heavy atom. The van der Waals surface area contributed by atoms with Gasteiger partial charge in [-0.05, 0) is 50.0 Å². The smallest absolute Gasteiger partial charge is 0.264 e. The van der Waals surface area contributed by atoms with Gasteiger partial charge in [0.05, 0.1) is 17.2 Å². The molecule has 17 heavy (non-hydrogen) atoms. The maximum Gasteiger partial charge on any atom is 0.264 e. The Morgan fingerprint density at radius 3 is 3.00 bits per heavy atom. The molecule has 0 atom stereocenters. The van der Waals surface area contributed by atoms with Gasteiger partial charge in [-0.15, -0.1) is 11.3 Å². The van der Waals surface area contributed by atoms with E-state index in [0.29, 0.717) is 21.7 Å². The van der Waals surface area contributed by atoms with Crippen LogP contribution in [0.1, 0.15) is 5.69 Å². The molecule has 0 fully saturated rings. The Hall–Kier alpha value is -0.250. The molecule has 0 saturated heterocycles. The Bertz CT molecular complexity index is 596. The summed E-state index contributed by atoms with van der Waals surface area (Å²) < 4.78 is 6.53. The van der Waals surface area contributed by atoms with Gasteiger partial charge >= 0.3 is 0 Å². The van der Waals surface area contributed by atoms with Crippen molar-refractivity contribution in [2.75, 3.05) is 7.11 Å². The van der Waals surface area contributed by atoms with E-state index >= 15 is 0 Å². The molecule has 2 aromatic heterocycles. The molecule has 2 rings (SSSR count). The summed E-state index contributed by atoms with van der Waals surface area (Å²) >= 11 is 6.92. The third-order valence-corrected chi connectivity index (χ3v) is 5.00. The van der Waals surface area contributed by atoms with E-state index in [-0.39, 0.29) is 5.56 Å². The molecular weight excluding hydrogens is 419 g/mol. The molecule has 2 heterocycles. The van der Waals surface area contributed by atoms with Crippen molar-refractivity contribution in [2.24, 2.45) is 0 Å². The lowest BCUT2D eigenvalue weighted by molar-refractivity contribution is 0.180. The van der Waals surface area contributed by atoms with Gasteiger partial charge in [0.2, 0.25) is 0 Å². The summed E-state index contributed by atoms with van der Waals surface area (Å²) in [6.45, 7) is 0.332. The number of ether oxygens (including phenoxy) is 1. The molecule has 0 aromatic carbocycles. The van der Waals surface area contributed by atoms with Crippen molar-refractivity contribution in [3.63, 3.8) is 0 Å². The molecular formula is C10H8BrIN2O2S. The van der Waals surface area contributed by atoms with E-state index in [4.69, 9.17) is 4.74 Å². The summed E-state index contributed by atoms with van der Waals surface area (Å²) in [5, 5.41) is 1.94. The lowest BCUT2D eigenvalue weighted by Crippen LogP contribution is -2.16. The van der Waals surface area contributed by atoms with Gasteiger partial charge in [0.1, 0.15) is 3.57 Å². The molecule has 0 aliphatic heterocycles. The number of H-pyrrole nitrogens is 1. The minimum Gasteiger partial charge on any atom is -0.378 e. The van der Waals surface area contributed by atoms with Crippen LogP contribution in [-0.2, 0) is 11.3 Å². The van der Waals surface area contributed by atoms with Crippen molar-refractivity contribution in [2.45, 2.75) is 6.61 Å². The minimum absolute atomic E-state index is 0.136. The standard InChI is InChI=1S/C10H8BrIN2O2S/c1-16-4-6-7(12)10(15)14-9(13-6)8-5(11)2-3-17-8/h2-3H,4H2,1H3,(H,13,14,15). The number of halogens is 2. The van der Waals surface area contributed by atoms with Gasteiger partial charge in [-0.2, -0.15) is 0 Å². The summed E-state index contributed by atoms with van der Waals surface area (Å²) in [6, 6.07) is 1.92. The van der Waals surface area contributed by atoms with E-state index < -0.39 is 0 Å². The Kier molecular flexibility index (Phi) is 4.34. The van der Waals surface area contributed by atoms with Crippen LogP contribution in [0.15, 0.2) is 20.7 Å². The molecule has 0 radical (unpaired) electrons. The lowest BCUT2D eigenvalue weighted by Gasteiger charge is -2.05. The number of rotatable bonds is 3. The number of methoxy groups -OCH3 is 1. The molecule has 7 heteroatoms. The fraction of sp³-hybridized carbons (Fsp3) is 0.200. The number of nitrogens with one attached hydrogen (secondary N) is 1. The predicted molar refractivity (Wildman–Crippen MR) is 79.3 cm³/mol. The van der Waals surface area contributed by atoms with Crippen LogP contribution >= 0.6 is 49.9 Å². The first-order chi connectivity index (χ1) is 8.13. The van der Waals surface area contributed by atoms with E-state index in [1.54, 1.807) is 7.11 Å². The second-order valence-electron chi connectivity index (χ2n) is 3.21. The molecule has 0 amide bonds. The molecule has 90 valence electrons. The summed E-state index contributed by atoms with van der Waals surface area (Å²) in [4.78, 5) is 19.9. The van der Waals surface area contributed by atoms with Crippen molar-refractivity contribution >= 4 is 49.9 Å². The average Bonchev–Trinajstić information content (AvgIpc) is 2.71. The molecule has 0 bridgehead atoms. The normalized spacial score (nSPS) is 10.8. The average molecular weight is 427 g/mol. The first-order valence-corrected chi connectivity index (χ1v) is 7.39. The lowest BCUT2D eigenvalue weighted by atomic mass is 10.4. The topological polar surface area (TPSA) is 55.0 Å². The highest BCUT2D eigenvalue weighted by Gasteiger charge is 2.12. The van der Waals surface area contributed by atoms with E-state index in [1.165, 1.54) is 11.3 Å². The van der Waals surface area contributed by atoms with Crippen LogP contribution in [-0.4, -0.2) is 17.1 Å². The number of aromatic amines is 1. The van der Waals surface area contributed by atoms with Crippen LogP contribution in [0.5, 0.6) is 0 Å². The van der Waals surface area contributed by atoms with Crippen LogP contribution in [0.25, 0.3) is 10.7 Å². The van der Waals surface area contributed by atoms with E-state index in [9.17, 15) is 4.79 Å². The molecule has 4 nitrogen and oxygen atoms in total. The Balaban J connectivity index is 2.57. The van der Waals surface area contributed by atoms with Crippen LogP contribution < -0.4 is 5.56 Å². The maximum atomic E-state index is 11.8. The van der Waals surface area contributed by atoms with Crippen LogP contribution in [0.2, 0.25) is 0 Å². The van der Waals surface area contributed by atoms with E-state index in [0.717, 1.165) is 9.35 Å². The zero-order valence-electron chi connectivity index (χ0n) is 8.79. The Morgan fingerprint density at radius 2 is 2.41 bits per heavy atom. The van der Waals surface area contributed by atoms with Crippen LogP contribution in [0.3, 0.4) is 0 Å². The van der Waals surface area contributed by atoms with Gasteiger partial charge in [-0.3, -0.25) is 4.79 Å². The number of aromatic nitrogens is 2. The van der Waals surface area contributed by atoms with Crippen molar-refractivity contribution in [1.82, 2.24) is 9.97 Å². The fourth-order valence-electron chi connectivity index (χ4n) is 1.31. The molecule has 0 spiro atoms. The highest BCUT2D eigenvalue weighted by molar-refractivity contribution is 14.1. The zero-order valence-corrected chi connectivity index (χ0v) is 13.3. The third kappa shape index (κ3) is 2.78. The number of nitrogens with zero attached hydrogens (tertiary/aromatic N) is 1. The molecule has 2 aromatic rings. The second-order valence-corrected chi connectivity index (χ2v) is 6.06. The van der Waals surface area contributed by atoms with Crippen molar-refractivity contribution in [3.8, 4) is 10.7 Å². The van der Waals surface area contributed by atoms with Gasteiger partial charge in [0.25, 0.3) is 5.56 Å². The van der Waals surface area contributed by atoms with E-state index in [1.807, 2.05) is 34.0 Å². The Labute approximate surface area is 124 Å². The summed E-state index contributed by atoms with van der Waals surface area (Å²) in [5.74, 6) is 0.573. The summed E-state index contributed by atoms with van der Waals surface area (Å²) in [6.07, 6.45) is 0. The minimum atomic E-state index is -0.136. The van der Waals surface area contributed by atoms with Crippen molar-refractivity contribution < 1.29 is 4.74 Å². The van der Waals surface area contributed by atoms with E-state index in [2.05, 4.69) is 25.9 Å². The van der Waals surface area contributed by atoms with Gasteiger partial charge in [-0.1, -0.05) is 0 Å². The third-order valence-electron chi connectivity index (χ3n) is 2.04. The first-order valence-electron chi connectivity index (χ1n) is 4.64. The van der Waals surface area contributed by atoms with Crippen molar-refractivity contribution in [3.05, 3.63) is 35.5 Å². The monoisotopic (exact) mass is 426 g/mol. The molecule has 0 saturated carbocycles. The zero-order chi connectivity index (χ0) is 12.4. The van der Waals surface area contributed by atoms with Gasteiger partial charge in [-0.25, -0.2) is 4.98 Å². The van der Waals surface area contributed by atoms with Gasteiger partial charge in [0, 0.05) is 11.6 Å². The number of hydrogen-bond acceptors (Lipinski definition) is 4. The number of thiophene rings is 1. The summed E-state index contributed by atoms with van der Waals surface area (Å²) in [5.41, 5.74) is 0.523. The first kappa shape index (κ1) is 13.2. The SMILES string of the molecule is COCc1nc(-c2sccc2Br)[nH]c(=O)c1I. The maximum absolute atomic E-state index is 11.8. The highest BCUT2D eigenvalue weighted by Crippen LogP contribution is 2.30.